The zero-order chi connectivity index (χ0) is 18.1. The van der Waals surface area contributed by atoms with Gasteiger partial charge in [0.2, 0.25) is 5.82 Å². The van der Waals surface area contributed by atoms with E-state index in [1.165, 1.54) is 33.9 Å². The van der Waals surface area contributed by atoms with Crippen molar-refractivity contribution in [2.45, 2.75) is 31.8 Å². The third-order valence-electron chi connectivity index (χ3n) is 5.26. The Morgan fingerprint density at radius 3 is 2.78 bits per heavy atom. The van der Waals surface area contributed by atoms with E-state index in [1.54, 1.807) is 0 Å². The van der Waals surface area contributed by atoms with Gasteiger partial charge >= 0.3 is 0 Å². The first-order valence-electron chi connectivity index (χ1n) is 9.41. The number of aromatic nitrogens is 5. The molecular weight excluding hydrogens is 356 g/mol. The van der Waals surface area contributed by atoms with Crippen molar-refractivity contribution in [2.75, 3.05) is 6.54 Å². The van der Waals surface area contributed by atoms with Crippen molar-refractivity contribution < 1.29 is 4.90 Å². The summed E-state index contributed by atoms with van der Waals surface area (Å²) in [7, 11) is 0. The third kappa shape index (κ3) is 3.24. The molecule has 1 aliphatic rings. The van der Waals surface area contributed by atoms with Crippen LogP contribution in [0.3, 0.4) is 0 Å². The highest BCUT2D eigenvalue weighted by molar-refractivity contribution is 7.18. The zero-order valence-corrected chi connectivity index (χ0v) is 15.8. The minimum absolute atomic E-state index is 0.414. The van der Waals surface area contributed by atoms with Crippen LogP contribution in [0.2, 0.25) is 0 Å². The predicted molar refractivity (Wildman–Crippen MR) is 105 cm³/mol. The second-order valence-electron chi connectivity index (χ2n) is 7.00. The molecule has 0 radical (unpaired) electrons. The lowest BCUT2D eigenvalue weighted by Crippen LogP contribution is -3.11. The van der Waals surface area contributed by atoms with Gasteiger partial charge in [0, 0.05) is 6.42 Å². The van der Waals surface area contributed by atoms with E-state index in [9.17, 15) is 0 Å². The number of quaternary nitrogens is 1. The summed E-state index contributed by atoms with van der Waals surface area (Å²) in [5, 5.41) is 13.7. The molecule has 7 heteroatoms. The van der Waals surface area contributed by atoms with E-state index in [1.807, 2.05) is 46.4 Å². The first-order chi connectivity index (χ1) is 13.4. The van der Waals surface area contributed by atoms with Crippen molar-refractivity contribution in [3.8, 4) is 5.69 Å². The highest BCUT2D eigenvalue weighted by Crippen LogP contribution is 2.28. The summed E-state index contributed by atoms with van der Waals surface area (Å²) >= 11 is 1.83. The summed E-state index contributed by atoms with van der Waals surface area (Å²) in [5.74, 6) is 0.907. The molecule has 2 aromatic carbocycles. The molecule has 1 aliphatic heterocycles. The Balaban J connectivity index is 1.44. The number of likely N-dealkylation sites (tertiary alicyclic amines) is 1. The Kier molecular flexibility index (Phi) is 4.39. The molecule has 4 aromatic rings. The summed E-state index contributed by atoms with van der Waals surface area (Å²) in [6, 6.07) is 18.9. The van der Waals surface area contributed by atoms with E-state index in [-0.39, 0.29) is 0 Å². The third-order valence-corrected chi connectivity index (χ3v) is 6.41. The fourth-order valence-corrected chi connectivity index (χ4v) is 5.08. The van der Waals surface area contributed by atoms with Crippen LogP contribution in [0.5, 0.6) is 0 Å². The van der Waals surface area contributed by atoms with Gasteiger partial charge in [0.15, 0.2) is 5.01 Å². The molecule has 0 bridgehead atoms. The van der Waals surface area contributed by atoms with Crippen molar-refractivity contribution in [3.05, 3.63) is 65.4 Å². The summed E-state index contributed by atoms with van der Waals surface area (Å²) in [6.45, 7) is 1.94. The van der Waals surface area contributed by atoms with Gasteiger partial charge in [-0.05, 0) is 47.5 Å². The summed E-state index contributed by atoms with van der Waals surface area (Å²) in [6.07, 6.45) is 3.67. The molecule has 0 amide bonds. The first-order valence-corrected chi connectivity index (χ1v) is 10.2. The van der Waals surface area contributed by atoms with Crippen LogP contribution in [-0.4, -0.2) is 31.7 Å². The average Bonchev–Trinajstić information content (AvgIpc) is 3.36. The molecule has 1 N–H and O–H groups in total. The lowest BCUT2D eigenvalue weighted by molar-refractivity contribution is -0.950. The Hall–Kier alpha value is -2.64. The van der Waals surface area contributed by atoms with Gasteiger partial charge in [0.1, 0.15) is 12.6 Å². The molecule has 27 heavy (non-hydrogen) atoms. The van der Waals surface area contributed by atoms with Crippen LogP contribution < -0.4 is 4.90 Å². The number of hydrogen-bond donors (Lipinski definition) is 1. The van der Waals surface area contributed by atoms with Crippen LogP contribution in [0.4, 0.5) is 0 Å². The SMILES string of the molecule is c1ccc(-n2nnnc2C[NH+]2CCCC[C@@H]2c2nc3ccccc3s2)cc1. The normalized spacial score (nSPS) is 20.1. The fraction of sp³-hybridized carbons (Fsp3) is 0.300. The van der Waals surface area contributed by atoms with Gasteiger partial charge in [-0.15, -0.1) is 16.4 Å². The molecule has 5 rings (SSSR count). The number of piperidine rings is 1. The van der Waals surface area contributed by atoms with Gasteiger partial charge < -0.3 is 4.90 Å². The van der Waals surface area contributed by atoms with E-state index in [4.69, 9.17) is 4.98 Å². The smallest absolute Gasteiger partial charge is 0.210 e. The molecule has 0 saturated carbocycles. The maximum Gasteiger partial charge on any atom is 0.210 e. The number of nitrogens with one attached hydrogen (secondary N) is 1. The van der Waals surface area contributed by atoms with E-state index in [0.29, 0.717) is 6.04 Å². The number of tetrazole rings is 1. The first kappa shape index (κ1) is 16.5. The van der Waals surface area contributed by atoms with Gasteiger partial charge in [0.25, 0.3) is 0 Å². The number of fused-ring (bicyclic) bond motifs is 1. The quantitative estimate of drug-likeness (QED) is 0.594. The van der Waals surface area contributed by atoms with E-state index in [0.717, 1.165) is 30.1 Å². The highest BCUT2D eigenvalue weighted by Gasteiger charge is 2.32. The summed E-state index contributed by atoms with van der Waals surface area (Å²) < 4.78 is 3.13. The van der Waals surface area contributed by atoms with Crippen LogP contribution >= 0.6 is 11.3 Å². The number of hydrogen-bond acceptors (Lipinski definition) is 5. The number of para-hydroxylation sites is 2. The number of nitrogens with zero attached hydrogens (tertiary/aromatic N) is 5. The second-order valence-corrected chi connectivity index (χ2v) is 8.06. The number of rotatable bonds is 4. The monoisotopic (exact) mass is 377 g/mol. The van der Waals surface area contributed by atoms with Crippen molar-refractivity contribution >= 4 is 21.6 Å². The van der Waals surface area contributed by atoms with Crippen LogP contribution in [0.15, 0.2) is 54.6 Å². The zero-order valence-electron chi connectivity index (χ0n) is 15.0. The predicted octanol–water partition coefficient (Wildman–Crippen LogP) is 2.58. The van der Waals surface area contributed by atoms with E-state index >= 15 is 0 Å². The van der Waals surface area contributed by atoms with E-state index in [2.05, 4.69) is 39.8 Å². The molecule has 2 atom stereocenters. The van der Waals surface area contributed by atoms with Gasteiger partial charge in [-0.3, -0.25) is 0 Å². The minimum Gasteiger partial charge on any atom is -0.320 e. The van der Waals surface area contributed by atoms with Crippen molar-refractivity contribution in [2.24, 2.45) is 0 Å². The van der Waals surface area contributed by atoms with Crippen LogP contribution in [0.25, 0.3) is 15.9 Å². The van der Waals surface area contributed by atoms with Crippen LogP contribution in [0, 0.1) is 0 Å². The van der Waals surface area contributed by atoms with E-state index < -0.39 is 0 Å². The molecular formula is C20H21N6S+. The number of benzene rings is 2. The lowest BCUT2D eigenvalue weighted by Gasteiger charge is -2.30. The molecule has 3 heterocycles. The molecule has 1 saturated heterocycles. The second kappa shape index (κ2) is 7.17. The molecule has 1 unspecified atom stereocenters. The minimum atomic E-state index is 0.414. The molecule has 1 fully saturated rings. The Morgan fingerprint density at radius 1 is 1.04 bits per heavy atom. The average molecular weight is 377 g/mol. The lowest BCUT2D eigenvalue weighted by atomic mass is 10.0. The maximum atomic E-state index is 4.94. The molecule has 2 aromatic heterocycles. The maximum absolute atomic E-state index is 4.94. The Labute approximate surface area is 161 Å². The topological polar surface area (TPSA) is 60.9 Å². The van der Waals surface area contributed by atoms with Gasteiger partial charge in [0.05, 0.1) is 22.4 Å². The highest BCUT2D eigenvalue weighted by atomic mass is 32.1. The Bertz CT molecular complexity index is 1010. The van der Waals surface area contributed by atoms with Gasteiger partial charge in [-0.25, -0.2) is 4.98 Å². The Morgan fingerprint density at radius 2 is 1.89 bits per heavy atom. The summed E-state index contributed by atoms with van der Waals surface area (Å²) in [5.41, 5.74) is 2.11. The fourth-order valence-electron chi connectivity index (χ4n) is 3.92. The molecule has 6 nitrogen and oxygen atoms in total. The largest absolute Gasteiger partial charge is 0.320 e. The molecule has 136 valence electrons. The standard InChI is InChI=1S/C20H20N6S/c1-2-8-15(9-3-1)26-19(22-23-24-26)14-25-13-7-6-11-17(25)20-21-16-10-4-5-12-18(16)27-20/h1-5,8-10,12,17H,6-7,11,13-14H2/p+1/t17-/m1/s1. The van der Waals surface area contributed by atoms with Gasteiger partial charge in [-0.1, -0.05) is 30.3 Å². The number of thiazole rings is 1. The van der Waals surface area contributed by atoms with Crippen molar-refractivity contribution in [3.63, 3.8) is 0 Å². The van der Waals surface area contributed by atoms with Crippen LogP contribution in [-0.2, 0) is 6.54 Å². The van der Waals surface area contributed by atoms with Crippen molar-refractivity contribution in [1.82, 2.24) is 25.2 Å². The van der Waals surface area contributed by atoms with Crippen molar-refractivity contribution in [1.29, 1.82) is 0 Å². The molecule has 0 spiro atoms. The van der Waals surface area contributed by atoms with Crippen LogP contribution in [0.1, 0.15) is 36.1 Å². The summed E-state index contributed by atoms with van der Waals surface area (Å²) in [4.78, 5) is 6.44. The molecule has 0 aliphatic carbocycles. The van der Waals surface area contributed by atoms with Gasteiger partial charge in [-0.2, -0.15) is 4.68 Å².